The van der Waals surface area contributed by atoms with Crippen LogP contribution in [-0.4, -0.2) is 44.6 Å². The van der Waals surface area contributed by atoms with Crippen molar-refractivity contribution < 1.29 is 19.0 Å². The molecule has 1 N–H and O–H groups in total. The minimum atomic E-state index is -0.490. The summed E-state index contributed by atoms with van der Waals surface area (Å²) in [4.78, 5) is 13.6. The zero-order valence-corrected chi connectivity index (χ0v) is 14.6. The fourth-order valence-corrected chi connectivity index (χ4v) is 2.78. The number of phenolic OH excluding ortho intramolecular Hbond substituents is 1. The Morgan fingerprint density at radius 3 is 2.76 bits per heavy atom. The van der Waals surface area contributed by atoms with E-state index < -0.39 is 11.4 Å². The first kappa shape index (κ1) is 17.3. The number of benzene rings is 1. The third-order valence-electron chi connectivity index (χ3n) is 3.96. The second-order valence-corrected chi connectivity index (χ2v) is 7.36. The molecule has 1 aliphatic heterocycles. The molecule has 25 heavy (non-hydrogen) atoms. The summed E-state index contributed by atoms with van der Waals surface area (Å²) in [6, 6.07) is 3.91. The number of rotatable bonds is 3. The topological polar surface area (TPSA) is 67.6 Å². The SMILES string of the molecule is CC(C)(C)OC(=O)N1CC(Cn2cc(-c3ccc(F)cc3O)cn2)C1. The Hall–Kier alpha value is -2.57. The first-order chi connectivity index (χ1) is 11.7. The van der Waals surface area contributed by atoms with Gasteiger partial charge in [-0.15, -0.1) is 0 Å². The van der Waals surface area contributed by atoms with E-state index in [0.717, 1.165) is 11.6 Å². The molecule has 0 aliphatic carbocycles. The number of amides is 1. The van der Waals surface area contributed by atoms with Crippen molar-refractivity contribution >= 4 is 6.09 Å². The fraction of sp³-hybridized carbons (Fsp3) is 0.444. The summed E-state index contributed by atoms with van der Waals surface area (Å²) >= 11 is 0. The number of aromatic hydroxyl groups is 1. The molecule has 1 aliphatic rings. The molecule has 7 heteroatoms. The highest BCUT2D eigenvalue weighted by molar-refractivity contribution is 5.69. The van der Waals surface area contributed by atoms with E-state index in [-0.39, 0.29) is 11.8 Å². The van der Waals surface area contributed by atoms with Gasteiger partial charge in [0.15, 0.2) is 0 Å². The maximum atomic E-state index is 13.1. The van der Waals surface area contributed by atoms with Crippen molar-refractivity contribution in [3.8, 4) is 16.9 Å². The van der Waals surface area contributed by atoms with Gasteiger partial charge in [-0.25, -0.2) is 9.18 Å². The Morgan fingerprint density at radius 1 is 1.40 bits per heavy atom. The lowest BCUT2D eigenvalue weighted by molar-refractivity contribution is -0.00383. The molecule has 0 atom stereocenters. The van der Waals surface area contributed by atoms with Crippen LogP contribution in [0.4, 0.5) is 9.18 Å². The summed E-state index contributed by atoms with van der Waals surface area (Å²) in [5.41, 5.74) is 0.772. The van der Waals surface area contributed by atoms with Gasteiger partial charge in [0.2, 0.25) is 0 Å². The van der Waals surface area contributed by atoms with Crippen LogP contribution in [0.1, 0.15) is 20.8 Å². The van der Waals surface area contributed by atoms with Crippen molar-refractivity contribution in [1.82, 2.24) is 14.7 Å². The van der Waals surface area contributed by atoms with Crippen LogP contribution in [0, 0.1) is 11.7 Å². The van der Waals surface area contributed by atoms with Crippen LogP contribution in [0.2, 0.25) is 0 Å². The minimum Gasteiger partial charge on any atom is -0.507 e. The van der Waals surface area contributed by atoms with Crippen LogP contribution in [0.25, 0.3) is 11.1 Å². The molecule has 2 aromatic rings. The predicted octanol–water partition coefficient (Wildman–Crippen LogP) is 3.26. The van der Waals surface area contributed by atoms with Crippen molar-refractivity contribution in [2.24, 2.45) is 5.92 Å². The zero-order chi connectivity index (χ0) is 18.2. The van der Waals surface area contributed by atoms with Crippen LogP contribution in [0.5, 0.6) is 5.75 Å². The van der Waals surface area contributed by atoms with Crippen molar-refractivity contribution in [3.05, 3.63) is 36.4 Å². The Balaban J connectivity index is 1.56. The Labute approximate surface area is 145 Å². The van der Waals surface area contributed by atoms with Gasteiger partial charge in [0.1, 0.15) is 17.2 Å². The summed E-state index contributed by atoms with van der Waals surface area (Å²) in [5.74, 6) is -0.285. The number of likely N-dealkylation sites (tertiary alicyclic amines) is 1. The lowest BCUT2D eigenvalue weighted by Crippen LogP contribution is -2.52. The highest BCUT2D eigenvalue weighted by Crippen LogP contribution is 2.29. The Kier molecular flexibility index (Phi) is 4.41. The van der Waals surface area contributed by atoms with E-state index in [4.69, 9.17) is 4.74 Å². The molecule has 1 aromatic heterocycles. The lowest BCUT2D eigenvalue weighted by Gasteiger charge is -2.39. The quantitative estimate of drug-likeness (QED) is 0.925. The van der Waals surface area contributed by atoms with Crippen molar-refractivity contribution in [1.29, 1.82) is 0 Å². The van der Waals surface area contributed by atoms with Gasteiger partial charge < -0.3 is 14.7 Å². The Bertz CT molecular complexity index is 776. The smallest absolute Gasteiger partial charge is 0.410 e. The number of hydrogen-bond acceptors (Lipinski definition) is 4. The number of aromatic nitrogens is 2. The van der Waals surface area contributed by atoms with Gasteiger partial charge in [-0.1, -0.05) is 0 Å². The molecule has 0 saturated carbocycles. The van der Waals surface area contributed by atoms with Crippen LogP contribution >= 0.6 is 0 Å². The second kappa shape index (κ2) is 6.38. The van der Waals surface area contributed by atoms with Gasteiger partial charge in [-0.3, -0.25) is 4.68 Å². The van der Waals surface area contributed by atoms with E-state index in [1.807, 2.05) is 27.0 Å². The summed E-state index contributed by atoms with van der Waals surface area (Å²) in [5, 5.41) is 14.1. The lowest BCUT2D eigenvalue weighted by atomic mass is 10.0. The fourth-order valence-electron chi connectivity index (χ4n) is 2.78. The average Bonchev–Trinajstić information content (AvgIpc) is 2.88. The molecular formula is C18H22FN3O3. The molecule has 1 aromatic carbocycles. The van der Waals surface area contributed by atoms with Crippen LogP contribution in [0.15, 0.2) is 30.6 Å². The molecule has 1 saturated heterocycles. The maximum Gasteiger partial charge on any atom is 0.410 e. The van der Waals surface area contributed by atoms with Gasteiger partial charge >= 0.3 is 6.09 Å². The highest BCUT2D eigenvalue weighted by atomic mass is 19.1. The molecule has 2 heterocycles. The van der Waals surface area contributed by atoms with Gasteiger partial charge in [0.25, 0.3) is 0 Å². The predicted molar refractivity (Wildman–Crippen MR) is 90.6 cm³/mol. The van der Waals surface area contributed by atoms with Crippen molar-refractivity contribution in [2.75, 3.05) is 13.1 Å². The summed E-state index contributed by atoms with van der Waals surface area (Å²) < 4.78 is 20.2. The van der Waals surface area contributed by atoms with E-state index in [0.29, 0.717) is 31.1 Å². The van der Waals surface area contributed by atoms with E-state index >= 15 is 0 Å². The van der Waals surface area contributed by atoms with Crippen molar-refractivity contribution in [2.45, 2.75) is 32.9 Å². The molecule has 3 rings (SSSR count). The van der Waals surface area contributed by atoms with E-state index in [2.05, 4.69) is 5.10 Å². The summed E-state index contributed by atoms with van der Waals surface area (Å²) in [6.45, 7) is 7.47. The number of ether oxygens (including phenoxy) is 1. The number of nitrogens with zero attached hydrogens (tertiary/aromatic N) is 3. The third kappa shape index (κ3) is 4.10. The van der Waals surface area contributed by atoms with E-state index in [1.54, 1.807) is 15.8 Å². The standard InChI is InChI=1S/C18H22FN3O3/c1-18(2,3)25-17(24)21-8-12(9-21)10-22-11-13(7-20-22)15-5-4-14(19)6-16(15)23/h4-7,11-12,23H,8-10H2,1-3H3. The second-order valence-electron chi connectivity index (χ2n) is 7.36. The summed E-state index contributed by atoms with van der Waals surface area (Å²) in [6.07, 6.45) is 3.15. The molecular weight excluding hydrogens is 325 g/mol. The van der Waals surface area contributed by atoms with E-state index in [9.17, 15) is 14.3 Å². The highest BCUT2D eigenvalue weighted by Gasteiger charge is 2.33. The summed E-state index contributed by atoms with van der Waals surface area (Å²) in [7, 11) is 0. The largest absolute Gasteiger partial charge is 0.507 e. The van der Waals surface area contributed by atoms with E-state index in [1.165, 1.54) is 12.1 Å². The Morgan fingerprint density at radius 2 is 2.12 bits per heavy atom. The van der Waals surface area contributed by atoms with Gasteiger partial charge in [0.05, 0.1) is 6.20 Å². The first-order valence-corrected chi connectivity index (χ1v) is 8.20. The molecule has 1 amide bonds. The number of hydrogen-bond donors (Lipinski definition) is 1. The van der Waals surface area contributed by atoms with Gasteiger partial charge in [0, 0.05) is 48.9 Å². The number of carbonyl (C=O) groups excluding carboxylic acids is 1. The minimum absolute atomic E-state index is 0.112. The first-order valence-electron chi connectivity index (χ1n) is 8.20. The van der Waals surface area contributed by atoms with Crippen LogP contribution in [0.3, 0.4) is 0 Å². The maximum absolute atomic E-state index is 13.1. The monoisotopic (exact) mass is 347 g/mol. The normalized spacial score (nSPS) is 15.1. The molecule has 6 nitrogen and oxygen atoms in total. The average molecular weight is 347 g/mol. The molecule has 0 spiro atoms. The molecule has 134 valence electrons. The van der Waals surface area contributed by atoms with Crippen LogP contribution < -0.4 is 0 Å². The number of halogens is 1. The molecule has 0 radical (unpaired) electrons. The van der Waals surface area contributed by atoms with Gasteiger partial charge in [-0.2, -0.15) is 5.10 Å². The molecule has 0 unspecified atom stereocenters. The van der Waals surface area contributed by atoms with Gasteiger partial charge in [-0.05, 0) is 32.9 Å². The number of carbonyl (C=O) groups is 1. The van der Waals surface area contributed by atoms with Crippen LogP contribution in [-0.2, 0) is 11.3 Å². The zero-order valence-electron chi connectivity index (χ0n) is 14.6. The third-order valence-corrected chi connectivity index (χ3v) is 3.96. The molecule has 1 fully saturated rings. The van der Waals surface area contributed by atoms with Crippen molar-refractivity contribution in [3.63, 3.8) is 0 Å². The molecule has 0 bridgehead atoms. The number of phenols is 1.